The molecule has 0 fully saturated rings. The van der Waals surface area contributed by atoms with Gasteiger partial charge < -0.3 is 15.0 Å². The predicted molar refractivity (Wildman–Crippen MR) is 95.9 cm³/mol. The number of halogens is 1. The number of aromatic nitrogens is 2. The number of carbonyl (C=O) groups is 1. The van der Waals surface area contributed by atoms with Crippen molar-refractivity contribution >= 4 is 23.3 Å². The van der Waals surface area contributed by atoms with E-state index in [2.05, 4.69) is 10.4 Å². The first kappa shape index (κ1) is 18.1. The molecule has 0 aliphatic carbocycles. The van der Waals surface area contributed by atoms with Gasteiger partial charge in [-0.25, -0.2) is 4.79 Å². The summed E-state index contributed by atoms with van der Waals surface area (Å²) in [5, 5.41) is 7.61. The van der Waals surface area contributed by atoms with Crippen LogP contribution in [0.15, 0.2) is 24.5 Å². The second-order valence-electron chi connectivity index (χ2n) is 5.78. The van der Waals surface area contributed by atoms with Crippen LogP contribution in [0.1, 0.15) is 17.5 Å². The number of carbonyl (C=O) groups excluding carboxylic acids is 1. The minimum absolute atomic E-state index is 0.179. The molecule has 1 N–H and O–H groups in total. The number of hydrogen-bond donors (Lipinski definition) is 1. The van der Waals surface area contributed by atoms with Crippen LogP contribution >= 0.6 is 11.6 Å². The topological polar surface area (TPSA) is 59.4 Å². The number of benzene rings is 1. The lowest BCUT2D eigenvalue weighted by molar-refractivity contribution is 0.222. The monoisotopic (exact) mass is 350 g/mol. The van der Waals surface area contributed by atoms with Gasteiger partial charge in [-0.3, -0.25) is 4.68 Å². The smallest absolute Gasteiger partial charge is 0.321 e. The maximum Gasteiger partial charge on any atom is 0.321 e. The van der Waals surface area contributed by atoms with Gasteiger partial charge in [-0.1, -0.05) is 11.6 Å². The molecule has 0 saturated carbocycles. The van der Waals surface area contributed by atoms with Crippen LogP contribution in [0.3, 0.4) is 0 Å². The first-order valence-electron chi connectivity index (χ1n) is 7.74. The third kappa shape index (κ3) is 4.64. The van der Waals surface area contributed by atoms with Crippen LogP contribution in [0.25, 0.3) is 0 Å². The molecule has 0 spiro atoms. The second kappa shape index (κ2) is 8.06. The number of amides is 2. The molecule has 0 saturated heterocycles. The Morgan fingerprint density at radius 3 is 2.83 bits per heavy atom. The highest BCUT2D eigenvalue weighted by molar-refractivity contribution is 6.31. The number of nitrogens with zero attached hydrogens (tertiary/aromatic N) is 3. The van der Waals surface area contributed by atoms with Gasteiger partial charge in [0.05, 0.1) is 19.0 Å². The highest BCUT2D eigenvalue weighted by Gasteiger charge is 2.13. The molecule has 0 bridgehead atoms. The van der Waals surface area contributed by atoms with Gasteiger partial charge in [-0.15, -0.1) is 0 Å². The zero-order valence-electron chi connectivity index (χ0n) is 14.5. The number of anilines is 1. The quantitative estimate of drug-likeness (QED) is 0.867. The average molecular weight is 351 g/mol. The zero-order valence-corrected chi connectivity index (χ0v) is 15.2. The van der Waals surface area contributed by atoms with Crippen molar-refractivity contribution in [3.05, 3.63) is 40.7 Å². The Morgan fingerprint density at radius 2 is 2.21 bits per heavy atom. The standard InChI is InChI=1S/C17H23ClN4O2/c1-12-8-15(16(24-4)9-14(12)18)20-17(23)21(2)7-5-6-13-10-19-22(3)11-13/h8-11H,5-7H2,1-4H3,(H,20,23). The van der Waals surface area contributed by atoms with Crippen LogP contribution in [0.4, 0.5) is 10.5 Å². The van der Waals surface area contributed by atoms with E-state index in [1.54, 1.807) is 29.8 Å². The van der Waals surface area contributed by atoms with Gasteiger partial charge in [-0.05, 0) is 37.0 Å². The fraction of sp³-hybridized carbons (Fsp3) is 0.412. The fourth-order valence-corrected chi connectivity index (χ4v) is 2.52. The van der Waals surface area contributed by atoms with Crippen molar-refractivity contribution < 1.29 is 9.53 Å². The molecule has 6 nitrogen and oxygen atoms in total. The molecule has 1 heterocycles. The Balaban J connectivity index is 1.90. The summed E-state index contributed by atoms with van der Waals surface area (Å²) < 4.78 is 7.05. The van der Waals surface area contributed by atoms with Crippen molar-refractivity contribution in [3.8, 4) is 5.75 Å². The van der Waals surface area contributed by atoms with Crippen molar-refractivity contribution in [2.75, 3.05) is 26.0 Å². The molecule has 0 aliphatic heterocycles. The van der Waals surface area contributed by atoms with Crippen molar-refractivity contribution in [2.45, 2.75) is 19.8 Å². The molecule has 2 aromatic rings. The van der Waals surface area contributed by atoms with E-state index in [0.717, 1.165) is 18.4 Å². The molecule has 0 unspecified atom stereocenters. The highest BCUT2D eigenvalue weighted by Crippen LogP contribution is 2.31. The zero-order chi connectivity index (χ0) is 17.7. The van der Waals surface area contributed by atoms with Crippen molar-refractivity contribution in [2.24, 2.45) is 7.05 Å². The normalized spacial score (nSPS) is 10.5. The molecular weight excluding hydrogens is 328 g/mol. The molecule has 1 aromatic carbocycles. The number of methoxy groups -OCH3 is 1. The van der Waals surface area contributed by atoms with Gasteiger partial charge in [0.15, 0.2) is 0 Å². The van der Waals surface area contributed by atoms with E-state index in [0.29, 0.717) is 23.0 Å². The summed E-state index contributed by atoms with van der Waals surface area (Å²) in [6, 6.07) is 3.33. The summed E-state index contributed by atoms with van der Waals surface area (Å²) in [7, 11) is 5.21. The van der Waals surface area contributed by atoms with Crippen molar-refractivity contribution in [3.63, 3.8) is 0 Å². The van der Waals surface area contributed by atoms with E-state index in [1.807, 2.05) is 32.4 Å². The second-order valence-corrected chi connectivity index (χ2v) is 6.19. The lowest BCUT2D eigenvalue weighted by atomic mass is 10.2. The molecule has 2 rings (SSSR count). The maximum atomic E-state index is 12.3. The Bertz CT molecular complexity index is 715. The van der Waals surface area contributed by atoms with Crippen LogP contribution < -0.4 is 10.1 Å². The third-order valence-electron chi connectivity index (χ3n) is 3.79. The number of hydrogen-bond acceptors (Lipinski definition) is 3. The number of rotatable bonds is 6. The summed E-state index contributed by atoms with van der Waals surface area (Å²) in [5.41, 5.74) is 2.66. The molecule has 0 atom stereocenters. The molecule has 130 valence electrons. The van der Waals surface area contributed by atoms with Gasteiger partial charge in [0.25, 0.3) is 0 Å². The van der Waals surface area contributed by atoms with E-state index >= 15 is 0 Å². The van der Waals surface area contributed by atoms with E-state index in [-0.39, 0.29) is 6.03 Å². The Kier molecular flexibility index (Phi) is 6.09. The summed E-state index contributed by atoms with van der Waals surface area (Å²) in [6.07, 6.45) is 5.59. The number of nitrogens with one attached hydrogen (secondary N) is 1. The first-order valence-corrected chi connectivity index (χ1v) is 8.12. The summed E-state index contributed by atoms with van der Waals surface area (Å²) in [4.78, 5) is 14.0. The Labute approximate surface area is 147 Å². The van der Waals surface area contributed by atoms with E-state index < -0.39 is 0 Å². The highest BCUT2D eigenvalue weighted by atomic mass is 35.5. The average Bonchev–Trinajstić information content (AvgIpc) is 2.95. The molecule has 0 aliphatic rings. The molecule has 24 heavy (non-hydrogen) atoms. The number of ether oxygens (including phenoxy) is 1. The first-order chi connectivity index (χ1) is 11.4. The van der Waals surface area contributed by atoms with Crippen LogP contribution in [0.5, 0.6) is 5.75 Å². The van der Waals surface area contributed by atoms with Gasteiger partial charge >= 0.3 is 6.03 Å². The minimum Gasteiger partial charge on any atom is -0.495 e. The van der Waals surface area contributed by atoms with Crippen molar-refractivity contribution in [1.29, 1.82) is 0 Å². The van der Waals surface area contributed by atoms with Crippen LogP contribution in [-0.4, -0.2) is 41.4 Å². The van der Waals surface area contributed by atoms with Crippen LogP contribution in [-0.2, 0) is 13.5 Å². The number of urea groups is 1. The fourth-order valence-electron chi connectivity index (χ4n) is 2.36. The molecule has 1 aromatic heterocycles. The molecule has 0 radical (unpaired) electrons. The Hall–Kier alpha value is -2.21. The lowest BCUT2D eigenvalue weighted by Crippen LogP contribution is -2.32. The van der Waals surface area contributed by atoms with E-state index in [4.69, 9.17) is 16.3 Å². The SMILES string of the molecule is COc1cc(Cl)c(C)cc1NC(=O)N(C)CCCc1cnn(C)c1. The molecular formula is C17H23ClN4O2. The maximum absolute atomic E-state index is 12.3. The summed E-state index contributed by atoms with van der Waals surface area (Å²) in [6.45, 7) is 2.53. The van der Waals surface area contributed by atoms with Gasteiger partial charge in [0.2, 0.25) is 0 Å². The van der Waals surface area contributed by atoms with Crippen LogP contribution in [0, 0.1) is 6.92 Å². The summed E-state index contributed by atoms with van der Waals surface area (Å²) >= 11 is 6.08. The van der Waals surface area contributed by atoms with Gasteiger partial charge in [-0.2, -0.15) is 5.10 Å². The summed E-state index contributed by atoms with van der Waals surface area (Å²) in [5.74, 6) is 0.544. The largest absolute Gasteiger partial charge is 0.495 e. The predicted octanol–water partition coefficient (Wildman–Crippen LogP) is 3.49. The van der Waals surface area contributed by atoms with Crippen molar-refractivity contribution in [1.82, 2.24) is 14.7 Å². The molecule has 7 heteroatoms. The van der Waals surface area contributed by atoms with E-state index in [9.17, 15) is 4.79 Å². The third-order valence-corrected chi connectivity index (χ3v) is 4.19. The van der Waals surface area contributed by atoms with Gasteiger partial charge in [0.1, 0.15) is 5.75 Å². The lowest BCUT2D eigenvalue weighted by Gasteiger charge is -2.19. The molecule has 2 amide bonds. The Morgan fingerprint density at radius 1 is 1.46 bits per heavy atom. The van der Waals surface area contributed by atoms with E-state index in [1.165, 1.54) is 5.56 Å². The van der Waals surface area contributed by atoms with Gasteiger partial charge in [0, 0.05) is 37.9 Å². The van der Waals surface area contributed by atoms with Crippen LogP contribution in [0.2, 0.25) is 5.02 Å². The number of aryl methyl sites for hydroxylation is 3. The minimum atomic E-state index is -0.179.